The first-order chi connectivity index (χ1) is 68.0. The molecule has 11 rings (SSSR count). The zero-order valence-corrected chi connectivity index (χ0v) is 96.4. The number of carbonyl (C=O) groups excluding carboxylic acids is 6. The first kappa shape index (κ1) is 129. The van der Waals surface area contributed by atoms with Gasteiger partial charge < -0.3 is 67.9 Å². The number of aldehydes is 1. The van der Waals surface area contributed by atoms with Crippen molar-refractivity contribution in [3.63, 3.8) is 0 Å². The fourth-order valence-electron chi connectivity index (χ4n) is 18.1. The molecule has 8 N–H and O–H groups in total. The van der Waals surface area contributed by atoms with Crippen LogP contribution in [0.25, 0.3) is 5.82 Å². The number of likely N-dealkylation sites (tertiary alicyclic amines) is 5. The Bertz CT molecular complexity index is 5610. The Labute approximate surface area is 891 Å². The molecule has 0 spiro atoms. The Morgan fingerprint density at radius 2 is 0.838 bits per heavy atom. The molecule has 1 saturated carbocycles. The number of aryl methyl sites for hydroxylation is 1. The lowest BCUT2D eigenvalue weighted by Gasteiger charge is -2.33. The number of aromatic carboxylic acids is 1. The van der Waals surface area contributed by atoms with Crippen LogP contribution in [0, 0.1) is 59.2 Å². The minimum atomic E-state index is -3.74. The molecular formula is C108H170Cl2N14O21S3. The SMILES string of the molecule is C#CCCCC1CN(C(=O)OC(C)(C)C)C(C)(C)C1.CC(C)(C)OC(=O)N1CC(CCCC#Cc2ccc(S(N)(=O)=O)cn2)CC1(C)C.CC(C)(C)OC(=O)N1CC(CCCC=O)CC1(C)C.CC(C)(C)OC(=O)N1CC(CCCCCc2ccc(S(N)(=O)=O)cn2)CC1(C)C.CC(C)(C)OC(=O)N1CC(CCCCO)CC1(C)C.CC1(CCOc2ccn(-c3ccc(C(=O)O)c(Cl)n3)n2)CC1.NS(=O)(=O)c1ccc(Cl)nc1. The van der Waals surface area contributed by atoms with E-state index in [1.165, 1.54) is 60.2 Å². The number of rotatable bonds is 29. The number of pyridine rings is 4. The second-order valence-electron chi connectivity index (χ2n) is 47.7. The molecule has 40 heteroatoms. The Kier molecular flexibility index (Phi) is 48.1. The number of hydrogen-bond acceptors (Lipinski definition) is 25. The summed E-state index contributed by atoms with van der Waals surface area (Å²) in [5.74, 6) is 11.0. The van der Waals surface area contributed by atoms with Crippen LogP contribution in [0.1, 0.15) is 356 Å². The molecule has 1 aliphatic carbocycles. The number of amides is 5. The number of nitrogens with two attached hydrogens (primary N) is 3. The van der Waals surface area contributed by atoms with E-state index in [-0.39, 0.29) is 95.3 Å². The van der Waals surface area contributed by atoms with Crippen LogP contribution in [0.5, 0.6) is 5.88 Å². The van der Waals surface area contributed by atoms with E-state index >= 15 is 0 Å². The minimum absolute atomic E-state index is 0.0264. The van der Waals surface area contributed by atoms with E-state index in [9.17, 15) is 58.8 Å². The number of primary sulfonamides is 3. The smallest absolute Gasteiger partial charge is 0.410 e. The highest BCUT2D eigenvalue weighted by atomic mass is 35.5. The van der Waals surface area contributed by atoms with Gasteiger partial charge in [-0.3, -0.25) is 4.98 Å². The molecule has 830 valence electrons. The summed E-state index contributed by atoms with van der Waals surface area (Å²) in [6.45, 7) is 56.2. The van der Waals surface area contributed by atoms with Crippen molar-refractivity contribution in [3.8, 4) is 35.9 Å². The normalized spacial score (nSPS) is 19.3. The van der Waals surface area contributed by atoms with Crippen LogP contribution in [-0.4, -0.2) is 234 Å². The summed E-state index contributed by atoms with van der Waals surface area (Å²) < 4.78 is 101. The lowest BCUT2D eigenvalue weighted by Crippen LogP contribution is -2.45. The zero-order valence-electron chi connectivity index (χ0n) is 92.5. The molecule has 5 saturated heterocycles. The van der Waals surface area contributed by atoms with Gasteiger partial charge in [0.15, 0.2) is 5.82 Å². The monoisotopic (exact) mass is 2170 g/mol. The maximum Gasteiger partial charge on any atom is 0.410 e. The molecule has 5 aromatic heterocycles. The molecule has 0 radical (unpaired) electrons. The minimum Gasteiger partial charge on any atom is -0.478 e. The highest BCUT2D eigenvalue weighted by Gasteiger charge is 2.48. The van der Waals surface area contributed by atoms with Crippen LogP contribution in [0.15, 0.2) is 94.1 Å². The maximum absolute atomic E-state index is 12.5. The molecule has 0 bridgehead atoms. The average Bonchev–Trinajstić information content (AvgIpc) is 1.66. The third-order valence-corrected chi connectivity index (χ3v) is 28.8. The van der Waals surface area contributed by atoms with Gasteiger partial charge in [0.05, 0.1) is 12.2 Å². The van der Waals surface area contributed by atoms with Crippen LogP contribution >= 0.6 is 23.2 Å². The lowest BCUT2D eigenvalue weighted by atomic mass is 9.92. The van der Waals surface area contributed by atoms with Gasteiger partial charge in [0.25, 0.3) is 0 Å². The van der Waals surface area contributed by atoms with Gasteiger partial charge in [0, 0.05) is 123 Å². The summed E-state index contributed by atoms with van der Waals surface area (Å²) in [5.41, 5.74) is -1.33. The number of hydrogen-bond donors (Lipinski definition) is 5. The Morgan fingerprint density at radius 1 is 0.473 bits per heavy atom. The molecule has 5 aromatic rings. The molecule has 148 heavy (non-hydrogen) atoms. The fourth-order valence-corrected chi connectivity index (χ4v) is 19.9. The van der Waals surface area contributed by atoms with Gasteiger partial charge in [-0.2, -0.15) is 0 Å². The molecule has 6 fully saturated rings. The second kappa shape index (κ2) is 55.2. The molecule has 5 unspecified atom stereocenters. The molecule has 0 aromatic carbocycles. The van der Waals surface area contributed by atoms with Crippen LogP contribution < -0.4 is 20.2 Å². The summed E-state index contributed by atoms with van der Waals surface area (Å²) in [5, 5.41) is 37.1. The number of aliphatic hydroxyl groups excluding tert-OH is 1. The van der Waals surface area contributed by atoms with Crippen LogP contribution in [0.2, 0.25) is 10.3 Å². The first-order valence-electron chi connectivity index (χ1n) is 51.2. The van der Waals surface area contributed by atoms with Crippen molar-refractivity contribution in [3.05, 3.63) is 107 Å². The van der Waals surface area contributed by atoms with Gasteiger partial charge in [-0.05, 0) is 385 Å². The topological polar surface area (TPSA) is 481 Å². The molecule has 35 nitrogen and oxygen atoms in total. The quantitative estimate of drug-likeness (QED) is 0.00976. The third-order valence-electron chi connectivity index (χ3n) is 25.6. The van der Waals surface area contributed by atoms with Gasteiger partial charge in [0.2, 0.25) is 35.9 Å². The van der Waals surface area contributed by atoms with E-state index in [0.717, 1.165) is 179 Å². The summed E-state index contributed by atoms with van der Waals surface area (Å²) in [4.78, 5) is 108. The van der Waals surface area contributed by atoms with Crippen LogP contribution in [0.3, 0.4) is 0 Å². The Balaban J connectivity index is 0.000000308. The predicted octanol–water partition coefficient (Wildman–Crippen LogP) is 21.1. The number of nitrogens with zero attached hydrogens (tertiary/aromatic N) is 11. The number of unbranched alkanes of at least 4 members (excludes halogenated alkanes) is 6. The van der Waals surface area contributed by atoms with Gasteiger partial charge in [-0.25, -0.2) is 89.1 Å². The van der Waals surface area contributed by atoms with Crippen molar-refractivity contribution in [1.82, 2.24) is 54.2 Å². The first-order valence-corrected chi connectivity index (χ1v) is 56.6. The molecule has 5 amide bonds. The van der Waals surface area contributed by atoms with Crippen molar-refractivity contribution in [1.29, 1.82) is 0 Å². The number of halogens is 2. The number of carboxylic acids is 1. The average molecular weight is 2170 g/mol. The Morgan fingerprint density at radius 3 is 1.16 bits per heavy atom. The highest BCUT2D eigenvalue weighted by Crippen LogP contribution is 2.48. The molecular weight excluding hydrogens is 2000 g/mol. The van der Waals surface area contributed by atoms with Gasteiger partial charge in [-0.1, -0.05) is 55.3 Å². The zero-order chi connectivity index (χ0) is 112. The number of carboxylic acid groups (broad SMARTS) is 1. The second-order valence-corrected chi connectivity index (χ2v) is 53.1. The Hall–Kier alpha value is -9.51. The van der Waals surface area contributed by atoms with Crippen LogP contribution in [0.4, 0.5) is 24.0 Å². The molecule has 5 aliphatic heterocycles. The van der Waals surface area contributed by atoms with Crippen molar-refractivity contribution in [2.24, 2.45) is 50.4 Å². The van der Waals surface area contributed by atoms with E-state index in [1.807, 2.05) is 128 Å². The van der Waals surface area contributed by atoms with E-state index in [4.69, 9.17) is 83.7 Å². The fraction of sp³-hybridized carbons (Fsp3) is 0.685. The van der Waals surface area contributed by atoms with Crippen LogP contribution in [-0.2, 0) is 65.0 Å². The molecule has 5 atom stereocenters. The summed E-state index contributed by atoms with van der Waals surface area (Å²) in [6, 6.07) is 13.5. The molecule has 10 heterocycles. The number of aromatic nitrogens is 6. The van der Waals surface area contributed by atoms with Crippen molar-refractivity contribution >= 4 is 96.0 Å². The van der Waals surface area contributed by atoms with E-state index in [2.05, 4.69) is 119 Å². The number of sulfonamides is 3. The van der Waals surface area contributed by atoms with E-state index in [1.54, 1.807) is 30.5 Å². The van der Waals surface area contributed by atoms with Gasteiger partial charge in [0.1, 0.15) is 65.0 Å². The maximum atomic E-state index is 12.5. The van der Waals surface area contributed by atoms with Crippen molar-refractivity contribution < 1.29 is 97.4 Å². The summed E-state index contributed by atoms with van der Waals surface area (Å²) >= 11 is 11.3. The van der Waals surface area contributed by atoms with Gasteiger partial charge >= 0.3 is 36.4 Å². The summed E-state index contributed by atoms with van der Waals surface area (Å²) in [7, 11) is -11.1. The van der Waals surface area contributed by atoms with Crippen molar-refractivity contribution in [2.45, 2.75) is 411 Å². The highest BCUT2D eigenvalue weighted by molar-refractivity contribution is 7.89. The number of ether oxygens (including phenoxy) is 6. The lowest BCUT2D eigenvalue weighted by molar-refractivity contribution is -0.108. The van der Waals surface area contributed by atoms with E-state index < -0.39 is 64.0 Å². The van der Waals surface area contributed by atoms with Crippen molar-refractivity contribution in [2.75, 3.05) is 45.9 Å². The number of carbonyl (C=O) groups is 7. The number of terminal acetylenes is 1. The molecule has 6 aliphatic rings. The van der Waals surface area contributed by atoms with Gasteiger partial charge in [-0.15, -0.1) is 17.4 Å². The number of aliphatic hydroxyl groups is 1. The standard InChI is InChI=1S/C21H35N3O4S.C21H31N3O4S.C16H27NO2.C15H16ClN3O3.C15H29NO3.C15H27NO3.C5H5ClN2O2S/c2*1-20(2,3)28-19(25)24-15-16(13-21(24,4)5)9-7-6-8-10-17-11-12-18(14-23-17)29(22,26)27;1-7-8-9-10-13-11-16(5,6)17(12-13)14(18)19-15(2,3)4;1-15(5-6-15)7-9-22-12-4-8-19(18-12)11-3-2-10(14(20)21)13(16)17-11;2*1-14(2,3)19-13(18)16-11-12(8-6-7-9-17)10-15(16,4)5;6-5-2-1-4(3-8-5)11(7,9)10/h11-12,14,16H,6-10,13,15H2,1-5H3,(H2,22,26,27);11-12,14,16H,6-7,9,13,15H2,1-5H3,(H2,22,26,27);1,13H,8-12H2,2-6H3;2-4,8H,5-7,9H2,1H3,(H,20,21);12,17H,6-11H2,1-5H3;9,12H,6-8,10-11H2,1-5H3;1-3H,(H2,7,9,10). The third kappa shape index (κ3) is 46.8. The summed E-state index contributed by atoms with van der Waals surface area (Å²) in [6.07, 6.45) is 35.1. The van der Waals surface area contributed by atoms with E-state index in [0.29, 0.717) is 78.4 Å². The predicted molar refractivity (Wildman–Crippen MR) is 575 cm³/mol. The largest absolute Gasteiger partial charge is 0.478 e.